The van der Waals surface area contributed by atoms with Gasteiger partial charge in [-0.1, -0.05) is 0 Å². The molecule has 2 saturated heterocycles. The molecule has 0 bridgehead atoms. The number of hydrogen-bond donors (Lipinski definition) is 1. The van der Waals surface area contributed by atoms with Gasteiger partial charge in [-0.05, 0) is 12.8 Å². The molecule has 0 radical (unpaired) electrons. The van der Waals surface area contributed by atoms with Crippen molar-refractivity contribution in [3.05, 3.63) is 0 Å². The standard InChI is InChI=1S/C13H23N3O3/c1-19-6-5-15-9-10(7-12(15)17)13(18)16-4-2-3-11(16)8-14/h10-11H,2-9,14H2,1H3. The van der Waals surface area contributed by atoms with Gasteiger partial charge in [0.15, 0.2) is 0 Å². The fourth-order valence-corrected chi connectivity index (χ4v) is 2.96. The van der Waals surface area contributed by atoms with Crippen molar-refractivity contribution < 1.29 is 14.3 Å². The van der Waals surface area contributed by atoms with E-state index < -0.39 is 0 Å². The van der Waals surface area contributed by atoms with Crippen LogP contribution in [0.1, 0.15) is 19.3 Å². The van der Waals surface area contributed by atoms with Crippen LogP contribution in [0.25, 0.3) is 0 Å². The van der Waals surface area contributed by atoms with Gasteiger partial charge in [0.1, 0.15) is 0 Å². The monoisotopic (exact) mass is 269 g/mol. The van der Waals surface area contributed by atoms with E-state index in [4.69, 9.17) is 10.5 Å². The first kappa shape index (κ1) is 14.3. The molecule has 0 spiro atoms. The highest BCUT2D eigenvalue weighted by molar-refractivity contribution is 5.89. The maximum absolute atomic E-state index is 12.4. The highest BCUT2D eigenvalue weighted by Crippen LogP contribution is 2.24. The van der Waals surface area contributed by atoms with Gasteiger partial charge in [-0.25, -0.2) is 0 Å². The molecule has 2 aliphatic heterocycles. The molecule has 2 rings (SSSR count). The van der Waals surface area contributed by atoms with E-state index >= 15 is 0 Å². The minimum atomic E-state index is -0.198. The Bertz CT molecular complexity index is 348. The average molecular weight is 269 g/mol. The van der Waals surface area contributed by atoms with Crippen LogP contribution in [0.5, 0.6) is 0 Å². The predicted molar refractivity (Wildman–Crippen MR) is 70.4 cm³/mol. The van der Waals surface area contributed by atoms with Crippen LogP contribution >= 0.6 is 0 Å². The second-order valence-corrected chi connectivity index (χ2v) is 5.30. The average Bonchev–Trinajstić information content (AvgIpc) is 3.02. The largest absolute Gasteiger partial charge is 0.383 e. The fourth-order valence-electron chi connectivity index (χ4n) is 2.96. The normalized spacial score (nSPS) is 27.4. The zero-order valence-electron chi connectivity index (χ0n) is 11.5. The lowest BCUT2D eigenvalue weighted by molar-refractivity contribution is -0.136. The summed E-state index contributed by atoms with van der Waals surface area (Å²) in [7, 11) is 1.61. The lowest BCUT2D eigenvalue weighted by Gasteiger charge is -2.26. The Morgan fingerprint density at radius 3 is 3.00 bits per heavy atom. The van der Waals surface area contributed by atoms with Gasteiger partial charge in [0.25, 0.3) is 0 Å². The lowest BCUT2D eigenvalue weighted by atomic mass is 10.1. The van der Waals surface area contributed by atoms with Crippen molar-refractivity contribution in [2.45, 2.75) is 25.3 Å². The Kier molecular flexibility index (Phi) is 4.76. The van der Waals surface area contributed by atoms with Crippen LogP contribution in [0.15, 0.2) is 0 Å². The molecule has 2 aliphatic rings. The van der Waals surface area contributed by atoms with Crippen molar-refractivity contribution in [3.63, 3.8) is 0 Å². The maximum atomic E-state index is 12.4. The summed E-state index contributed by atoms with van der Waals surface area (Å²) < 4.78 is 4.98. The van der Waals surface area contributed by atoms with Crippen molar-refractivity contribution in [1.29, 1.82) is 0 Å². The van der Waals surface area contributed by atoms with E-state index in [0.29, 0.717) is 32.7 Å². The molecule has 6 nitrogen and oxygen atoms in total. The number of ether oxygens (including phenoxy) is 1. The second kappa shape index (κ2) is 6.34. The Balaban J connectivity index is 1.92. The predicted octanol–water partition coefficient (Wildman–Crippen LogP) is -0.569. The number of methoxy groups -OCH3 is 1. The SMILES string of the molecule is COCCN1CC(C(=O)N2CCCC2CN)CC1=O. The minimum Gasteiger partial charge on any atom is -0.383 e. The van der Waals surface area contributed by atoms with Gasteiger partial charge >= 0.3 is 0 Å². The Morgan fingerprint density at radius 1 is 1.53 bits per heavy atom. The summed E-state index contributed by atoms with van der Waals surface area (Å²) in [4.78, 5) is 27.9. The van der Waals surface area contributed by atoms with Gasteiger partial charge in [-0.3, -0.25) is 9.59 Å². The zero-order valence-corrected chi connectivity index (χ0v) is 11.5. The van der Waals surface area contributed by atoms with Crippen LogP contribution in [0.4, 0.5) is 0 Å². The van der Waals surface area contributed by atoms with E-state index in [-0.39, 0.29) is 23.8 Å². The molecule has 0 aromatic heterocycles. The Hall–Kier alpha value is -1.14. The van der Waals surface area contributed by atoms with E-state index in [9.17, 15) is 9.59 Å². The smallest absolute Gasteiger partial charge is 0.228 e. The second-order valence-electron chi connectivity index (χ2n) is 5.30. The topological polar surface area (TPSA) is 75.9 Å². The first-order chi connectivity index (χ1) is 9.17. The van der Waals surface area contributed by atoms with Gasteiger partial charge in [-0.15, -0.1) is 0 Å². The third-order valence-corrected chi connectivity index (χ3v) is 4.06. The van der Waals surface area contributed by atoms with Crippen molar-refractivity contribution >= 4 is 11.8 Å². The zero-order chi connectivity index (χ0) is 13.8. The molecule has 0 saturated carbocycles. The lowest BCUT2D eigenvalue weighted by Crippen LogP contribution is -2.43. The van der Waals surface area contributed by atoms with E-state index in [1.54, 1.807) is 12.0 Å². The minimum absolute atomic E-state index is 0.0545. The number of carbonyl (C=O) groups is 2. The van der Waals surface area contributed by atoms with Crippen molar-refractivity contribution in [3.8, 4) is 0 Å². The van der Waals surface area contributed by atoms with E-state index in [2.05, 4.69) is 0 Å². The number of likely N-dealkylation sites (tertiary alicyclic amines) is 2. The van der Waals surface area contributed by atoms with Crippen molar-refractivity contribution in [1.82, 2.24) is 9.80 Å². The van der Waals surface area contributed by atoms with Crippen LogP contribution in [0.3, 0.4) is 0 Å². The summed E-state index contributed by atoms with van der Waals surface area (Å²) in [6, 6.07) is 0.163. The summed E-state index contributed by atoms with van der Waals surface area (Å²) in [5, 5.41) is 0. The number of hydrogen-bond acceptors (Lipinski definition) is 4. The highest BCUT2D eigenvalue weighted by atomic mass is 16.5. The third kappa shape index (κ3) is 3.06. The van der Waals surface area contributed by atoms with Gasteiger partial charge in [0.2, 0.25) is 11.8 Å². The summed E-state index contributed by atoms with van der Waals surface area (Å²) in [6.45, 7) is 2.90. The van der Waals surface area contributed by atoms with Crippen LogP contribution in [-0.2, 0) is 14.3 Å². The number of nitrogens with zero attached hydrogens (tertiary/aromatic N) is 2. The van der Waals surface area contributed by atoms with E-state index in [1.165, 1.54) is 0 Å². The highest BCUT2D eigenvalue weighted by Gasteiger charge is 2.39. The molecular weight excluding hydrogens is 246 g/mol. The summed E-state index contributed by atoms with van der Waals surface area (Å²) >= 11 is 0. The van der Waals surface area contributed by atoms with E-state index in [1.807, 2.05) is 4.90 Å². The van der Waals surface area contributed by atoms with Crippen molar-refractivity contribution in [2.24, 2.45) is 11.7 Å². The van der Waals surface area contributed by atoms with Gasteiger partial charge in [0.05, 0.1) is 12.5 Å². The molecule has 0 aliphatic carbocycles. The molecule has 0 aromatic rings. The molecule has 2 unspecified atom stereocenters. The molecule has 2 amide bonds. The summed E-state index contributed by atoms with van der Waals surface area (Å²) in [6.07, 6.45) is 2.33. The quantitative estimate of drug-likeness (QED) is 0.725. The van der Waals surface area contributed by atoms with Crippen LogP contribution in [-0.4, -0.2) is 67.6 Å². The molecule has 19 heavy (non-hydrogen) atoms. The summed E-state index contributed by atoms with van der Waals surface area (Å²) in [5.41, 5.74) is 5.69. The summed E-state index contributed by atoms with van der Waals surface area (Å²) in [5.74, 6) is -0.0448. The molecule has 108 valence electrons. The van der Waals surface area contributed by atoms with Crippen LogP contribution in [0, 0.1) is 5.92 Å². The molecular formula is C13H23N3O3. The Morgan fingerprint density at radius 2 is 2.32 bits per heavy atom. The van der Waals surface area contributed by atoms with Gasteiger partial charge < -0.3 is 20.3 Å². The van der Waals surface area contributed by atoms with Crippen LogP contribution < -0.4 is 5.73 Å². The first-order valence-electron chi connectivity index (χ1n) is 6.94. The fraction of sp³-hybridized carbons (Fsp3) is 0.846. The third-order valence-electron chi connectivity index (χ3n) is 4.06. The van der Waals surface area contributed by atoms with E-state index in [0.717, 1.165) is 19.4 Å². The number of rotatable bonds is 5. The molecule has 2 fully saturated rings. The maximum Gasteiger partial charge on any atom is 0.228 e. The van der Waals surface area contributed by atoms with Crippen molar-refractivity contribution in [2.75, 3.05) is 39.9 Å². The molecule has 2 atom stereocenters. The molecule has 2 N–H and O–H groups in total. The first-order valence-corrected chi connectivity index (χ1v) is 6.94. The van der Waals surface area contributed by atoms with Gasteiger partial charge in [0, 0.05) is 45.8 Å². The number of nitrogens with two attached hydrogens (primary N) is 1. The molecule has 6 heteroatoms. The van der Waals surface area contributed by atoms with Crippen LogP contribution in [0.2, 0.25) is 0 Å². The molecule has 0 aromatic carbocycles. The van der Waals surface area contributed by atoms with Gasteiger partial charge in [-0.2, -0.15) is 0 Å². The molecule has 2 heterocycles. The number of amides is 2. The number of carbonyl (C=O) groups excluding carboxylic acids is 2. The Labute approximate surface area is 113 Å².